The van der Waals surface area contributed by atoms with Crippen LogP contribution in [-0.4, -0.2) is 38.3 Å². The van der Waals surface area contributed by atoms with Crippen LogP contribution in [0.2, 0.25) is 0 Å². The van der Waals surface area contributed by atoms with Crippen LogP contribution in [0.4, 0.5) is 4.39 Å². The van der Waals surface area contributed by atoms with Crippen molar-refractivity contribution in [3.63, 3.8) is 0 Å². The number of methoxy groups -OCH3 is 1. The number of hydrogen-bond acceptors (Lipinski definition) is 3. The quantitative estimate of drug-likeness (QED) is 0.810. The van der Waals surface area contributed by atoms with Gasteiger partial charge in [-0.05, 0) is 38.1 Å². The van der Waals surface area contributed by atoms with Gasteiger partial charge in [-0.1, -0.05) is 12.1 Å². The maximum atomic E-state index is 12.8. The number of nitrogens with two attached hydrogens (primary N) is 1. The van der Waals surface area contributed by atoms with Crippen LogP contribution in [0.1, 0.15) is 24.9 Å². The monoisotopic (exact) mass is 254 g/mol. The molecular weight excluding hydrogens is 231 g/mol. The van der Waals surface area contributed by atoms with Gasteiger partial charge in [0.05, 0.1) is 6.61 Å². The maximum Gasteiger partial charge on any atom is 0.123 e. The summed E-state index contributed by atoms with van der Waals surface area (Å²) in [6.07, 6.45) is 0.843. The Bertz CT molecular complexity index is 342. The van der Waals surface area contributed by atoms with Gasteiger partial charge in [-0.2, -0.15) is 0 Å². The molecule has 0 fully saturated rings. The molecule has 1 aromatic carbocycles. The van der Waals surface area contributed by atoms with E-state index in [-0.39, 0.29) is 11.9 Å². The molecule has 0 saturated heterocycles. The molecule has 1 aromatic rings. The molecule has 18 heavy (non-hydrogen) atoms. The lowest BCUT2D eigenvalue weighted by atomic mass is 10.0. The highest BCUT2D eigenvalue weighted by Crippen LogP contribution is 2.15. The summed E-state index contributed by atoms with van der Waals surface area (Å²) in [6, 6.07) is 6.72. The van der Waals surface area contributed by atoms with E-state index in [2.05, 4.69) is 18.9 Å². The second-order valence-electron chi connectivity index (χ2n) is 4.73. The largest absolute Gasteiger partial charge is 0.383 e. The smallest absolute Gasteiger partial charge is 0.123 e. The van der Waals surface area contributed by atoms with Gasteiger partial charge in [-0.15, -0.1) is 0 Å². The predicted octanol–water partition coefficient (Wildman–Crippen LogP) is 2.18. The fourth-order valence-corrected chi connectivity index (χ4v) is 1.81. The van der Waals surface area contributed by atoms with Crippen molar-refractivity contribution in [2.75, 3.05) is 27.3 Å². The normalized spacial score (nSPS) is 14.8. The van der Waals surface area contributed by atoms with Crippen molar-refractivity contribution in [1.82, 2.24) is 4.90 Å². The first kappa shape index (κ1) is 15.1. The highest BCUT2D eigenvalue weighted by atomic mass is 19.1. The first-order valence-corrected chi connectivity index (χ1v) is 6.24. The molecule has 2 atom stereocenters. The van der Waals surface area contributed by atoms with Crippen molar-refractivity contribution >= 4 is 0 Å². The van der Waals surface area contributed by atoms with Crippen LogP contribution in [-0.2, 0) is 4.74 Å². The number of hydrogen-bond donors (Lipinski definition) is 1. The molecule has 0 radical (unpaired) electrons. The van der Waals surface area contributed by atoms with E-state index < -0.39 is 0 Å². The van der Waals surface area contributed by atoms with E-state index >= 15 is 0 Å². The Labute approximate surface area is 109 Å². The van der Waals surface area contributed by atoms with Crippen LogP contribution in [0.15, 0.2) is 24.3 Å². The number of rotatable bonds is 7. The van der Waals surface area contributed by atoms with Crippen LogP contribution in [0, 0.1) is 5.82 Å². The molecule has 0 aromatic heterocycles. The first-order chi connectivity index (χ1) is 8.54. The van der Waals surface area contributed by atoms with Gasteiger partial charge in [0.2, 0.25) is 0 Å². The Morgan fingerprint density at radius 3 is 2.50 bits per heavy atom. The summed E-state index contributed by atoms with van der Waals surface area (Å²) >= 11 is 0. The van der Waals surface area contributed by atoms with E-state index in [0.717, 1.165) is 18.5 Å². The third-order valence-electron chi connectivity index (χ3n) is 3.25. The third-order valence-corrected chi connectivity index (χ3v) is 3.25. The lowest BCUT2D eigenvalue weighted by molar-refractivity contribution is 0.114. The van der Waals surface area contributed by atoms with Crippen molar-refractivity contribution in [3.05, 3.63) is 35.6 Å². The van der Waals surface area contributed by atoms with Gasteiger partial charge in [-0.3, -0.25) is 0 Å². The van der Waals surface area contributed by atoms with Crippen LogP contribution in [0.3, 0.4) is 0 Å². The maximum absolute atomic E-state index is 12.8. The molecule has 1 rings (SSSR count). The number of benzene rings is 1. The van der Waals surface area contributed by atoms with Gasteiger partial charge in [-0.25, -0.2) is 4.39 Å². The van der Waals surface area contributed by atoms with Crippen LogP contribution in [0.25, 0.3) is 0 Å². The standard InChI is InChI=1S/C14H23FN2O/c1-11(10-18-3)17(2)9-8-14(16)12-4-6-13(15)7-5-12/h4-7,11,14H,8-10,16H2,1-3H3. The summed E-state index contributed by atoms with van der Waals surface area (Å²) in [6.45, 7) is 3.72. The highest BCUT2D eigenvalue weighted by Gasteiger charge is 2.11. The summed E-state index contributed by atoms with van der Waals surface area (Å²) in [5.41, 5.74) is 7.06. The molecule has 102 valence electrons. The Balaban J connectivity index is 2.41. The molecule has 0 aliphatic carbocycles. The summed E-state index contributed by atoms with van der Waals surface area (Å²) in [5.74, 6) is -0.225. The topological polar surface area (TPSA) is 38.5 Å². The van der Waals surface area contributed by atoms with Crippen molar-refractivity contribution in [2.24, 2.45) is 5.73 Å². The fourth-order valence-electron chi connectivity index (χ4n) is 1.81. The Morgan fingerprint density at radius 1 is 1.33 bits per heavy atom. The van der Waals surface area contributed by atoms with E-state index in [0.29, 0.717) is 12.6 Å². The van der Waals surface area contributed by atoms with Gasteiger partial charge in [0.25, 0.3) is 0 Å². The van der Waals surface area contributed by atoms with E-state index in [1.165, 1.54) is 12.1 Å². The molecule has 2 N–H and O–H groups in total. The van der Waals surface area contributed by atoms with E-state index in [1.807, 2.05) is 0 Å². The molecule has 0 saturated carbocycles. The summed E-state index contributed by atoms with van der Waals surface area (Å²) in [5, 5.41) is 0. The van der Waals surface area contributed by atoms with Crippen LogP contribution >= 0.6 is 0 Å². The van der Waals surface area contributed by atoms with Crippen molar-refractivity contribution < 1.29 is 9.13 Å². The molecule has 0 spiro atoms. The second-order valence-corrected chi connectivity index (χ2v) is 4.73. The average molecular weight is 254 g/mol. The predicted molar refractivity (Wildman–Crippen MR) is 71.9 cm³/mol. The molecular formula is C14H23FN2O. The highest BCUT2D eigenvalue weighted by molar-refractivity contribution is 5.19. The van der Waals surface area contributed by atoms with Crippen molar-refractivity contribution in [1.29, 1.82) is 0 Å². The van der Waals surface area contributed by atoms with Crippen molar-refractivity contribution in [3.8, 4) is 0 Å². The van der Waals surface area contributed by atoms with E-state index in [4.69, 9.17) is 10.5 Å². The van der Waals surface area contributed by atoms with Gasteiger partial charge in [0.15, 0.2) is 0 Å². The molecule has 0 bridgehead atoms. The van der Waals surface area contributed by atoms with E-state index in [1.54, 1.807) is 19.2 Å². The second kappa shape index (κ2) is 7.46. The molecule has 0 aliphatic heterocycles. The lowest BCUT2D eigenvalue weighted by Crippen LogP contribution is -2.34. The van der Waals surface area contributed by atoms with Gasteiger partial charge >= 0.3 is 0 Å². The number of likely N-dealkylation sites (N-methyl/N-ethyl adjacent to an activating group) is 1. The zero-order chi connectivity index (χ0) is 13.5. The van der Waals surface area contributed by atoms with E-state index in [9.17, 15) is 4.39 Å². The number of ether oxygens (including phenoxy) is 1. The number of halogens is 1. The minimum atomic E-state index is -0.225. The molecule has 0 aliphatic rings. The van der Waals surface area contributed by atoms with Crippen molar-refractivity contribution in [2.45, 2.75) is 25.4 Å². The molecule has 0 amide bonds. The zero-order valence-electron chi connectivity index (χ0n) is 11.4. The fraction of sp³-hybridized carbons (Fsp3) is 0.571. The Hall–Kier alpha value is -0.970. The minimum Gasteiger partial charge on any atom is -0.383 e. The summed E-state index contributed by atoms with van der Waals surface area (Å²) in [7, 11) is 3.76. The number of nitrogens with zero attached hydrogens (tertiary/aromatic N) is 1. The van der Waals surface area contributed by atoms with Crippen LogP contribution < -0.4 is 5.73 Å². The minimum absolute atomic E-state index is 0.0530. The lowest BCUT2D eigenvalue weighted by Gasteiger charge is -2.25. The average Bonchev–Trinajstić information content (AvgIpc) is 2.36. The van der Waals surface area contributed by atoms with Gasteiger partial charge in [0, 0.05) is 25.7 Å². The molecule has 0 heterocycles. The first-order valence-electron chi connectivity index (χ1n) is 6.24. The molecule has 2 unspecified atom stereocenters. The SMILES string of the molecule is COCC(C)N(C)CCC(N)c1ccc(F)cc1. The van der Waals surface area contributed by atoms with Gasteiger partial charge < -0.3 is 15.4 Å². The Kier molecular flexibility index (Phi) is 6.25. The van der Waals surface area contributed by atoms with Crippen LogP contribution in [0.5, 0.6) is 0 Å². The molecule has 4 heteroatoms. The summed E-state index contributed by atoms with van der Waals surface area (Å²) < 4.78 is 17.9. The Morgan fingerprint density at radius 2 is 1.94 bits per heavy atom. The zero-order valence-corrected chi connectivity index (χ0v) is 11.4. The molecule has 3 nitrogen and oxygen atoms in total. The summed E-state index contributed by atoms with van der Waals surface area (Å²) in [4.78, 5) is 2.22. The third kappa shape index (κ3) is 4.72. The van der Waals surface area contributed by atoms with Gasteiger partial charge in [0.1, 0.15) is 5.82 Å².